The number of halogens is 2. The lowest BCUT2D eigenvalue weighted by Crippen LogP contribution is -2.25. The molecule has 0 unspecified atom stereocenters. The van der Waals surface area contributed by atoms with E-state index < -0.39 is 4.92 Å². The van der Waals surface area contributed by atoms with E-state index in [1.54, 1.807) is 12.1 Å². The zero-order chi connectivity index (χ0) is 22.8. The Labute approximate surface area is 200 Å². The summed E-state index contributed by atoms with van der Waals surface area (Å²) in [6, 6.07) is 8.43. The Morgan fingerprint density at radius 1 is 1.19 bits per heavy atom. The first-order valence-corrected chi connectivity index (χ1v) is 11.8. The SMILES string of the molecule is COc1c(C=Nn2c(C3CCCCC3)nc3ccc(Br)cc3c2=O)cc(Br)cc1[N+](=O)[O-]. The van der Waals surface area contributed by atoms with Gasteiger partial charge >= 0.3 is 5.69 Å². The van der Waals surface area contributed by atoms with E-state index in [1.165, 1.54) is 30.5 Å². The third-order valence-corrected chi connectivity index (χ3v) is 6.53. The number of nitro groups is 1. The van der Waals surface area contributed by atoms with Crippen LogP contribution in [0.1, 0.15) is 49.4 Å². The highest BCUT2D eigenvalue weighted by Crippen LogP contribution is 2.34. The minimum absolute atomic E-state index is 0.0747. The molecule has 0 N–H and O–H groups in total. The van der Waals surface area contributed by atoms with Gasteiger partial charge in [-0.3, -0.25) is 14.9 Å². The Balaban J connectivity index is 1.90. The van der Waals surface area contributed by atoms with E-state index in [0.29, 0.717) is 26.8 Å². The minimum Gasteiger partial charge on any atom is -0.490 e. The Bertz CT molecular complexity index is 1280. The second-order valence-corrected chi connectivity index (χ2v) is 9.46. The topological polar surface area (TPSA) is 99.6 Å². The van der Waals surface area contributed by atoms with Crippen LogP contribution in [-0.4, -0.2) is 27.9 Å². The van der Waals surface area contributed by atoms with Crippen molar-refractivity contribution in [2.75, 3.05) is 7.11 Å². The van der Waals surface area contributed by atoms with Crippen LogP contribution in [0.5, 0.6) is 5.75 Å². The number of hydrogen-bond acceptors (Lipinski definition) is 6. The number of nitrogens with zero attached hydrogens (tertiary/aromatic N) is 4. The van der Waals surface area contributed by atoms with E-state index in [4.69, 9.17) is 9.72 Å². The quantitative estimate of drug-likeness (QED) is 0.223. The molecule has 0 atom stereocenters. The van der Waals surface area contributed by atoms with Crippen LogP contribution in [0, 0.1) is 10.1 Å². The third-order valence-electron chi connectivity index (χ3n) is 5.58. The first-order valence-electron chi connectivity index (χ1n) is 10.2. The zero-order valence-corrected chi connectivity index (χ0v) is 20.4. The molecule has 8 nitrogen and oxygen atoms in total. The van der Waals surface area contributed by atoms with Gasteiger partial charge < -0.3 is 4.74 Å². The molecule has 1 saturated carbocycles. The molecular formula is C22H20Br2N4O4. The molecule has 3 aromatic rings. The van der Waals surface area contributed by atoms with Gasteiger partial charge in [0.05, 0.1) is 29.2 Å². The first kappa shape index (κ1) is 22.6. The van der Waals surface area contributed by atoms with E-state index in [1.807, 2.05) is 12.1 Å². The van der Waals surface area contributed by atoms with Crippen molar-refractivity contribution in [2.24, 2.45) is 5.10 Å². The smallest absolute Gasteiger partial charge is 0.312 e. The number of benzene rings is 2. The summed E-state index contributed by atoms with van der Waals surface area (Å²) in [4.78, 5) is 29.1. The van der Waals surface area contributed by atoms with E-state index in [9.17, 15) is 14.9 Å². The molecule has 1 aromatic heterocycles. The highest BCUT2D eigenvalue weighted by molar-refractivity contribution is 9.10. The lowest BCUT2D eigenvalue weighted by molar-refractivity contribution is -0.385. The molecule has 4 rings (SSSR count). The van der Waals surface area contributed by atoms with Crippen molar-refractivity contribution >= 4 is 54.7 Å². The maximum atomic E-state index is 13.4. The summed E-state index contributed by atoms with van der Waals surface area (Å²) in [7, 11) is 1.36. The van der Waals surface area contributed by atoms with Crippen molar-refractivity contribution < 1.29 is 9.66 Å². The lowest BCUT2D eigenvalue weighted by atomic mass is 9.88. The van der Waals surface area contributed by atoms with Gasteiger partial charge in [-0.15, -0.1) is 0 Å². The summed E-state index contributed by atoms with van der Waals surface area (Å²) in [5.74, 6) is 0.815. The van der Waals surface area contributed by atoms with Crippen LogP contribution in [0.2, 0.25) is 0 Å². The zero-order valence-electron chi connectivity index (χ0n) is 17.3. The van der Waals surface area contributed by atoms with Crippen LogP contribution in [0.3, 0.4) is 0 Å². The monoisotopic (exact) mass is 562 g/mol. The van der Waals surface area contributed by atoms with Crippen LogP contribution in [0.4, 0.5) is 5.69 Å². The molecule has 0 bridgehead atoms. The number of ether oxygens (including phenoxy) is 1. The Morgan fingerprint density at radius 3 is 2.62 bits per heavy atom. The molecule has 1 aliphatic carbocycles. The van der Waals surface area contributed by atoms with Gasteiger partial charge in [-0.2, -0.15) is 9.78 Å². The fraction of sp³-hybridized carbons (Fsp3) is 0.318. The molecule has 1 fully saturated rings. The number of fused-ring (bicyclic) bond motifs is 1. The molecule has 0 radical (unpaired) electrons. The average Bonchev–Trinajstić information content (AvgIpc) is 2.78. The van der Waals surface area contributed by atoms with Crippen LogP contribution < -0.4 is 10.3 Å². The van der Waals surface area contributed by atoms with E-state index in [0.717, 1.165) is 30.2 Å². The van der Waals surface area contributed by atoms with Crippen molar-refractivity contribution in [3.8, 4) is 5.75 Å². The van der Waals surface area contributed by atoms with Gasteiger partial charge in [0, 0.05) is 26.5 Å². The highest BCUT2D eigenvalue weighted by atomic mass is 79.9. The van der Waals surface area contributed by atoms with Crippen LogP contribution >= 0.6 is 31.9 Å². The molecule has 32 heavy (non-hydrogen) atoms. The van der Waals surface area contributed by atoms with Gasteiger partial charge in [-0.05, 0) is 37.1 Å². The summed E-state index contributed by atoms with van der Waals surface area (Å²) in [6.45, 7) is 0. The second kappa shape index (κ2) is 9.50. The minimum atomic E-state index is -0.518. The highest BCUT2D eigenvalue weighted by Gasteiger charge is 2.23. The Morgan fingerprint density at radius 2 is 1.94 bits per heavy atom. The van der Waals surface area contributed by atoms with Crippen molar-refractivity contribution in [1.29, 1.82) is 0 Å². The molecular weight excluding hydrogens is 544 g/mol. The Kier molecular flexibility index (Phi) is 6.71. The molecule has 10 heteroatoms. The maximum Gasteiger partial charge on any atom is 0.312 e. The number of rotatable bonds is 5. The molecule has 0 spiro atoms. The number of aromatic nitrogens is 2. The maximum absolute atomic E-state index is 13.4. The van der Waals surface area contributed by atoms with Gasteiger partial charge in [0.25, 0.3) is 5.56 Å². The van der Waals surface area contributed by atoms with Gasteiger partial charge in [0.1, 0.15) is 5.82 Å². The second-order valence-electron chi connectivity index (χ2n) is 7.63. The van der Waals surface area contributed by atoms with Crippen LogP contribution in [0.15, 0.2) is 49.2 Å². The number of methoxy groups -OCH3 is 1. The Hall–Kier alpha value is -2.59. The summed E-state index contributed by atoms with van der Waals surface area (Å²) < 4.78 is 7.89. The predicted octanol–water partition coefficient (Wildman–Crippen LogP) is 5.77. The van der Waals surface area contributed by atoms with Crippen LogP contribution in [-0.2, 0) is 0 Å². The summed E-state index contributed by atoms with van der Waals surface area (Å²) in [5, 5.41) is 16.3. The predicted molar refractivity (Wildman–Crippen MR) is 130 cm³/mol. The third kappa shape index (κ3) is 4.47. The lowest BCUT2D eigenvalue weighted by Gasteiger charge is -2.22. The molecule has 0 saturated heterocycles. The standard InChI is InChI=1S/C22H20Br2N4O4/c1-32-20-14(9-16(24)11-19(20)28(30)31)12-25-27-21(13-5-3-2-4-6-13)26-18-8-7-15(23)10-17(18)22(27)29/h7-13H,2-6H2,1H3. The van der Waals surface area contributed by atoms with Crippen molar-refractivity contribution in [3.63, 3.8) is 0 Å². The molecule has 2 aromatic carbocycles. The molecule has 0 aliphatic heterocycles. The van der Waals surface area contributed by atoms with Crippen molar-refractivity contribution in [3.05, 3.63) is 71.1 Å². The first-order chi connectivity index (χ1) is 15.4. The largest absolute Gasteiger partial charge is 0.490 e. The van der Waals surface area contributed by atoms with E-state index >= 15 is 0 Å². The van der Waals surface area contributed by atoms with Gasteiger partial charge in [0.15, 0.2) is 0 Å². The average molecular weight is 564 g/mol. The molecule has 1 heterocycles. The van der Waals surface area contributed by atoms with Crippen LogP contribution in [0.25, 0.3) is 10.9 Å². The fourth-order valence-electron chi connectivity index (χ4n) is 4.08. The van der Waals surface area contributed by atoms with E-state index in [-0.39, 0.29) is 22.9 Å². The van der Waals surface area contributed by atoms with Gasteiger partial charge in [-0.25, -0.2) is 4.98 Å². The van der Waals surface area contributed by atoms with Gasteiger partial charge in [0.2, 0.25) is 5.75 Å². The van der Waals surface area contributed by atoms with Crippen molar-refractivity contribution in [1.82, 2.24) is 9.66 Å². The van der Waals surface area contributed by atoms with E-state index in [2.05, 4.69) is 37.0 Å². The fourth-order valence-corrected chi connectivity index (χ4v) is 4.90. The molecule has 0 amide bonds. The summed E-state index contributed by atoms with van der Waals surface area (Å²) in [6.07, 6.45) is 6.62. The summed E-state index contributed by atoms with van der Waals surface area (Å²) >= 11 is 6.71. The van der Waals surface area contributed by atoms with Crippen molar-refractivity contribution in [2.45, 2.75) is 38.0 Å². The normalized spacial score (nSPS) is 14.8. The number of hydrogen-bond donors (Lipinski definition) is 0. The number of nitro benzene ring substituents is 1. The summed E-state index contributed by atoms with van der Waals surface area (Å²) in [5.41, 5.74) is 0.533. The molecule has 1 aliphatic rings. The van der Waals surface area contributed by atoms with Gasteiger partial charge in [-0.1, -0.05) is 51.1 Å². The molecule has 166 valence electrons.